The van der Waals surface area contributed by atoms with Gasteiger partial charge in [0.25, 0.3) is 5.91 Å². The van der Waals surface area contributed by atoms with Crippen molar-refractivity contribution >= 4 is 28.5 Å². The topological polar surface area (TPSA) is 95.3 Å². The van der Waals surface area contributed by atoms with Gasteiger partial charge in [-0.25, -0.2) is 4.98 Å². The highest BCUT2D eigenvalue weighted by Gasteiger charge is 2.18. The van der Waals surface area contributed by atoms with E-state index in [-0.39, 0.29) is 18.4 Å². The van der Waals surface area contributed by atoms with E-state index >= 15 is 0 Å². The number of fused-ring (bicyclic) bond motifs is 1. The highest BCUT2D eigenvalue weighted by Crippen LogP contribution is 2.31. The first-order valence-corrected chi connectivity index (χ1v) is 11.3. The molecule has 0 atom stereocenters. The number of rotatable bonds is 7. The monoisotopic (exact) mass is 472 g/mol. The normalized spacial score (nSPS) is 11.3. The van der Waals surface area contributed by atoms with Gasteiger partial charge in [-0.3, -0.25) is 14.3 Å². The van der Waals surface area contributed by atoms with Gasteiger partial charge in [0.15, 0.2) is 0 Å². The number of hydrogen-bond acceptors (Lipinski definition) is 6. The molecule has 35 heavy (non-hydrogen) atoms. The van der Waals surface area contributed by atoms with Crippen LogP contribution in [-0.2, 0) is 22.7 Å². The number of benzene rings is 2. The number of ether oxygens (including phenoxy) is 2. The van der Waals surface area contributed by atoms with Gasteiger partial charge in [0.2, 0.25) is 0 Å². The second-order valence-electron chi connectivity index (χ2n) is 9.21. The Morgan fingerprint density at radius 3 is 2.51 bits per heavy atom. The number of esters is 1. The lowest BCUT2D eigenvalue weighted by atomic mass is 10.2. The van der Waals surface area contributed by atoms with E-state index in [4.69, 9.17) is 9.47 Å². The Bertz CT molecular complexity index is 1360. The lowest BCUT2D eigenvalue weighted by Crippen LogP contribution is -2.26. The average Bonchev–Trinajstić information content (AvgIpc) is 3.17. The first-order chi connectivity index (χ1) is 16.7. The minimum Gasteiger partial charge on any atom is -0.487 e. The summed E-state index contributed by atoms with van der Waals surface area (Å²) in [7, 11) is 0. The molecule has 0 spiro atoms. The number of aryl methyl sites for hydroxylation is 1. The fraction of sp³-hybridized carbons (Fsp3) is 0.259. The van der Waals surface area contributed by atoms with E-state index in [2.05, 4.69) is 15.4 Å². The zero-order valence-electron chi connectivity index (χ0n) is 20.2. The van der Waals surface area contributed by atoms with E-state index in [1.54, 1.807) is 30.5 Å². The molecule has 0 aliphatic rings. The molecular formula is C27H28N4O4. The number of anilines is 1. The molecule has 1 N–H and O–H groups in total. The molecule has 8 heteroatoms. The summed E-state index contributed by atoms with van der Waals surface area (Å²) in [6.45, 7) is 7.57. The first-order valence-electron chi connectivity index (χ1n) is 11.3. The van der Waals surface area contributed by atoms with Gasteiger partial charge >= 0.3 is 5.97 Å². The van der Waals surface area contributed by atoms with Crippen molar-refractivity contribution in [1.82, 2.24) is 14.8 Å². The first kappa shape index (κ1) is 23.9. The fourth-order valence-electron chi connectivity index (χ4n) is 3.50. The number of nitrogens with zero attached hydrogens (tertiary/aromatic N) is 3. The Labute approximate surface area is 203 Å². The van der Waals surface area contributed by atoms with E-state index in [1.807, 2.05) is 64.1 Å². The van der Waals surface area contributed by atoms with Gasteiger partial charge in [-0.15, -0.1) is 0 Å². The summed E-state index contributed by atoms with van der Waals surface area (Å²) >= 11 is 0. The Kier molecular flexibility index (Phi) is 6.82. The van der Waals surface area contributed by atoms with Crippen molar-refractivity contribution in [3.8, 4) is 5.75 Å². The molecule has 4 aromatic rings. The quantitative estimate of drug-likeness (QED) is 0.384. The molecule has 0 aliphatic carbocycles. The molecule has 1 amide bonds. The molecule has 2 aromatic carbocycles. The summed E-state index contributed by atoms with van der Waals surface area (Å²) in [6, 6.07) is 18.5. The van der Waals surface area contributed by atoms with Crippen molar-refractivity contribution in [1.29, 1.82) is 0 Å². The molecule has 2 heterocycles. The molecule has 0 fully saturated rings. The van der Waals surface area contributed by atoms with Crippen LogP contribution in [-0.4, -0.2) is 32.2 Å². The molecule has 180 valence electrons. The Hall–Kier alpha value is -4.20. The summed E-state index contributed by atoms with van der Waals surface area (Å²) in [6.07, 6.45) is 1.74. The largest absolute Gasteiger partial charge is 0.487 e. The smallest absolute Gasteiger partial charge is 0.328 e. The lowest BCUT2D eigenvalue weighted by molar-refractivity contribution is -0.155. The number of hydrogen-bond donors (Lipinski definition) is 1. The third-order valence-corrected chi connectivity index (χ3v) is 4.97. The second kappa shape index (κ2) is 9.97. The van der Waals surface area contributed by atoms with Crippen LogP contribution in [0, 0.1) is 6.92 Å². The van der Waals surface area contributed by atoms with Crippen molar-refractivity contribution in [2.45, 2.75) is 46.4 Å². The number of aromatic nitrogens is 3. The van der Waals surface area contributed by atoms with Crippen molar-refractivity contribution in [2.24, 2.45) is 0 Å². The molecule has 0 unspecified atom stereocenters. The van der Waals surface area contributed by atoms with Gasteiger partial charge in [-0.05, 0) is 51.5 Å². The van der Waals surface area contributed by atoms with Crippen molar-refractivity contribution in [3.63, 3.8) is 0 Å². The van der Waals surface area contributed by atoms with Gasteiger partial charge in [-0.1, -0.05) is 36.4 Å². The van der Waals surface area contributed by atoms with Crippen LogP contribution in [0.2, 0.25) is 0 Å². The summed E-state index contributed by atoms with van der Waals surface area (Å²) in [5.41, 5.74) is 2.57. The maximum absolute atomic E-state index is 12.9. The van der Waals surface area contributed by atoms with Crippen LogP contribution in [0.3, 0.4) is 0 Å². The number of pyridine rings is 1. The fourth-order valence-corrected chi connectivity index (χ4v) is 3.50. The average molecular weight is 473 g/mol. The predicted octanol–water partition coefficient (Wildman–Crippen LogP) is 4.91. The van der Waals surface area contributed by atoms with Crippen LogP contribution in [0.25, 0.3) is 10.9 Å². The van der Waals surface area contributed by atoms with Gasteiger partial charge < -0.3 is 14.8 Å². The molecule has 8 nitrogen and oxygen atoms in total. The maximum atomic E-state index is 12.9. The number of carbonyl (C=O) groups is 2. The SMILES string of the molecule is Cc1cccc(C(=O)Nc2cc3cn(CC(=O)OC(C)(C)C)nc3cc2OCc2ccccc2)n1. The van der Waals surface area contributed by atoms with E-state index in [0.717, 1.165) is 16.6 Å². The second-order valence-corrected chi connectivity index (χ2v) is 9.21. The molecule has 0 radical (unpaired) electrons. The molecule has 0 aliphatic heterocycles. The summed E-state index contributed by atoms with van der Waals surface area (Å²) in [5.74, 6) is -0.270. The van der Waals surface area contributed by atoms with Gasteiger partial charge in [0.05, 0.1) is 11.2 Å². The third kappa shape index (κ3) is 6.44. The minimum absolute atomic E-state index is 0.0267. The van der Waals surface area contributed by atoms with E-state index < -0.39 is 5.60 Å². The highest BCUT2D eigenvalue weighted by molar-refractivity contribution is 6.05. The Balaban J connectivity index is 1.63. The van der Waals surface area contributed by atoms with E-state index in [1.165, 1.54) is 4.68 Å². The van der Waals surface area contributed by atoms with Crippen molar-refractivity contribution < 1.29 is 19.1 Å². The van der Waals surface area contributed by atoms with Crippen LogP contribution < -0.4 is 10.1 Å². The van der Waals surface area contributed by atoms with E-state index in [0.29, 0.717) is 29.3 Å². The van der Waals surface area contributed by atoms with Crippen LogP contribution in [0.5, 0.6) is 5.75 Å². The molecule has 0 saturated carbocycles. The van der Waals surface area contributed by atoms with Crippen molar-refractivity contribution in [2.75, 3.05) is 5.32 Å². The lowest BCUT2D eigenvalue weighted by Gasteiger charge is -2.19. The van der Waals surface area contributed by atoms with Crippen LogP contribution in [0.1, 0.15) is 42.5 Å². The van der Waals surface area contributed by atoms with E-state index in [9.17, 15) is 9.59 Å². The third-order valence-electron chi connectivity index (χ3n) is 4.97. The molecule has 2 aromatic heterocycles. The van der Waals surface area contributed by atoms with Gasteiger partial charge in [0.1, 0.15) is 30.2 Å². The van der Waals surface area contributed by atoms with Gasteiger partial charge in [-0.2, -0.15) is 5.10 Å². The zero-order valence-corrected chi connectivity index (χ0v) is 20.2. The zero-order chi connectivity index (χ0) is 25.0. The molecular weight excluding hydrogens is 444 g/mol. The standard InChI is InChI=1S/C27H28N4O4/c1-18-9-8-12-21(28-18)26(33)29-23-13-20-15-31(16-25(32)35-27(2,3)4)30-22(20)14-24(23)34-17-19-10-6-5-7-11-19/h5-15H,16-17H2,1-4H3,(H,29,33). The summed E-state index contributed by atoms with van der Waals surface area (Å²) in [4.78, 5) is 29.5. The number of carbonyl (C=O) groups excluding carboxylic acids is 2. The predicted molar refractivity (Wildman–Crippen MR) is 133 cm³/mol. The summed E-state index contributed by atoms with van der Waals surface area (Å²) < 4.78 is 13.0. The number of amides is 1. The van der Waals surface area contributed by atoms with Crippen LogP contribution in [0.15, 0.2) is 66.9 Å². The highest BCUT2D eigenvalue weighted by atomic mass is 16.6. The van der Waals surface area contributed by atoms with Crippen molar-refractivity contribution in [3.05, 3.63) is 83.8 Å². The molecule has 4 rings (SSSR count). The van der Waals surface area contributed by atoms with Crippen LogP contribution >= 0.6 is 0 Å². The minimum atomic E-state index is -0.580. The number of nitrogens with one attached hydrogen (secondary N) is 1. The molecule has 0 bridgehead atoms. The summed E-state index contributed by atoms with van der Waals surface area (Å²) in [5, 5.41) is 8.15. The maximum Gasteiger partial charge on any atom is 0.328 e. The van der Waals surface area contributed by atoms with Crippen LogP contribution in [0.4, 0.5) is 5.69 Å². The Morgan fingerprint density at radius 2 is 1.80 bits per heavy atom. The molecule has 0 saturated heterocycles. The Morgan fingerprint density at radius 1 is 1.03 bits per heavy atom. The van der Waals surface area contributed by atoms with Gasteiger partial charge in [0, 0.05) is 23.3 Å².